The summed E-state index contributed by atoms with van der Waals surface area (Å²) in [5.74, 6) is 2.99. The van der Waals surface area contributed by atoms with Crippen LogP contribution in [0.15, 0.2) is 0 Å². The quantitative estimate of drug-likeness (QED) is 0.724. The highest BCUT2D eigenvalue weighted by molar-refractivity contribution is 4.83. The first-order chi connectivity index (χ1) is 9.31. The second kappa shape index (κ2) is 6.58. The molecule has 19 heavy (non-hydrogen) atoms. The lowest BCUT2D eigenvalue weighted by atomic mass is 9.86. The van der Waals surface area contributed by atoms with Crippen LogP contribution in [0, 0.1) is 17.8 Å². The zero-order valence-corrected chi connectivity index (χ0v) is 12.7. The largest absolute Gasteiger partial charge is 0.312 e. The Kier molecular flexibility index (Phi) is 4.81. The highest BCUT2D eigenvalue weighted by atomic mass is 15.2. The maximum atomic E-state index is 3.85. The Balaban J connectivity index is 1.35. The minimum absolute atomic E-state index is 0.803. The zero-order chi connectivity index (χ0) is 13.1. The number of hydrogen-bond acceptors (Lipinski definition) is 2. The third kappa shape index (κ3) is 4.75. The fourth-order valence-corrected chi connectivity index (χ4v) is 3.62. The molecule has 0 aromatic heterocycles. The van der Waals surface area contributed by atoms with E-state index in [0.717, 1.165) is 23.8 Å². The van der Waals surface area contributed by atoms with Gasteiger partial charge in [-0.2, -0.15) is 0 Å². The van der Waals surface area contributed by atoms with Gasteiger partial charge in [-0.15, -0.1) is 0 Å². The lowest BCUT2D eigenvalue weighted by Crippen LogP contribution is -2.42. The average molecular weight is 264 g/mol. The van der Waals surface area contributed by atoms with Crippen molar-refractivity contribution in [2.45, 2.75) is 64.3 Å². The van der Waals surface area contributed by atoms with Gasteiger partial charge in [-0.3, -0.25) is 0 Å². The first-order valence-electron chi connectivity index (χ1n) is 8.77. The van der Waals surface area contributed by atoms with E-state index in [1.807, 2.05) is 0 Å². The van der Waals surface area contributed by atoms with E-state index in [4.69, 9.17) is 0 Å². The molecule has 3 aliphatic rings. The smallest absolute Gasteiger partial charge is 0.0107 e. The van der Waals surface area contributed by atoms with Crippen molar-refractivity contribution in [1.29, 1.82) is 0 Å². The van der Waals surface area contributed by atoms with Crippen molar-refractivity contribution in [2.24, 2.45) is 17.8 Å². The summed E-state index contributed by atoms with van der Waals surface area (Å²) < 4.78 is 0. The topological polar surface area (TPSA) is 15.3 Å². The van der Waals surface area contributed by atoms with Gasteiger partial charge in [0.25, 0.3) is 0 Å². The maximum absolute atomic E-state index is 3.85. The lowest BCUT2D eigenvalue weighted by Gasteiger charge is -2.31. The molecule has 3 aliphatic carbocycles. The van der Waals surface area contributed by atoms with Crippen molar-refractivity contribution in [2.75, 3.05) is 26.2 Å². The normalized spacial score (nSPS) is 31.9. The molecule has 2 atom stereocenters. The number of nitrogens with zero attached hydrogens (tertiary/aromatic N) is 1. The highest BCUT2D eigenvalue weighted by Gasteiger charge is 2.29. The Hall–Kier alpha value is -0.0800. The van der Waals surface area contributed by atoms with Crippen molar-refractivity contribution >= 4 is 0 Å². The van der Waals surface area contributed by atoms with Crippen LogP contribution < -0.4 is 5.32 Å². The van der Waals surface area contributed by atoms with Crippen LogP contribution in [0.3, 0.4) is 0 Å². The molecule has 0 heterocycles. The fraction of sp³-hybridized carbons (Fsp3) is 1.00. The summed E-state index contributed by atoms with van der Waals surface area (Å²) in [4.78, 5) is 2.76. The van der Waals surface area contributed by atoms with E-state index >= 15 is 0 Å². The molecule has 1 N–H and O–H groups in total. The monoisotopic (exact) mass is 264 g/mol. The van der Waals surface area contributed by atoms with Crippen molar-refractivity contribution < 1.29 is 0 Å². The minimum atomic E-state index is 0.803. The molecular formula is C17H32N2. The molecular weight excluding hydrogens is 232 g/mol. The number of rotatable bonds is 8. The molecule has 2 heteroatoms. The van der Waals surface area contributed by atoms with Gasteiger partial charge < -0.3 is 10.2 Å². The van der Waals surface area contributed by atoms with E-state index in [0.29, 0.717) is 0 Å². The Bertz CT molecular complexity index is 256. The molecule has 3 saturated carbocycles. The van der Waals surface area contributed by atoms with Crippen molar-refractivity contribution in [3.05, 3.63) is 0 Å². The second-order valence-electron chi connectivity index (χ2n) is 7.47. The van der Waals surface area contributed by atoms with Crippen molar-refractivity contribution in [3.63, 3.8) is 0 Å². The lowest BCUT2D eigenvalue weighted by molar-refractivity contribution is 0.229. The summed E-state index contributed by atoms with van der Waals surface area (Å²) >= 11 is 0. The van der Waals surface area contributed by atoms with Gasteiger partial charge in [0.1, 0.15) is 0 Å². The predicted molar refractivity (Wildman–Crippen MR) is 81.3 cm³/mol. The first-order valence-corrected chi connectivity index (χ1v) is 8.77. The summed E-state index contributed by atoms with van der Waals surface area (Å²) in [6.07, 6.45) is 11.7. The second-order valence-corrected chi connectivity index (χ2v) is 7.47. The molecule has 0 aromatic carbocycles. The zero-order valence-electron chi connectivity index (χ0n) is 12.7. The number of nitrogens with one attached hydrogen (secondary N) is 1. The van der Waals surface area contributed by atoms with Crippen molar-refractivity contribution in [1.82, 2.24) is 10.2 Å². The van der Waals surface area contributed by atoms with Crippen LogP contribution in [-0.4, -0.2) is 37.1 Å². The van der Waals surface area contributed by atoms with Gasteiger partial charge in [-0.25, -0.2) is 0 Å². The Morgan fingerprint density at radius 3 is 2.11 bits per heavy atom. The molecule has 3 rings (SSSR count). The molecule has 2 unspecified atom stereocenters. The van der Waals surface area contributed by atoms with Crippen LogP contribution in [0.5, 0.6) is 0 Å². The van der Waals surface area contributed by atoms with Crippen LogP contribution in [0.4, 0.5) is 0 Å². The molecule has 2 nitrogen and oxygen atoms in total. The van der Waals surface area contributed by atoms with Crippen LogP contribution in [-0.2, 0) is 0 Å². The standard InChI is InChI=1S/C17H32N2/c1-14-4-2-3-5-17(14)18-10-11-19(12-15-6-7-15)13-16-8-9-16/h14-18H,2-13H2,1H3. The molecule has 0 saturated heterocycles. The first kappa shape index (κ1) is 13.9. The Labute approximate surface area is 119 Å². The van der Waals surface area contributed by atoms with E-state index in [1.165, 1.54) is 77.5 Å². The summed E-state index contributed by atoms with van der Waals surface area (Å²) in [5.41, 5.74) is 0. The molecule has 0 aliphatic heterocycles. The van der Waals surface area contributed by atoms with Crippen LogP contribution in [0.25, 0.3) is 0 Å². The summed E-state index contributed by atoms with van der Waals surface area (Å²) in [5, 5.41) is 3.85. The Morgan fingerprint density at radius 2 is 1.53 bits per heavy atom. The number of hydrogen-bond donors (Lipinski definition) is 1. The molecule has 0 amide bonds. The third-order valence-electron chi connectivity index (χ3n) is 5.37. The van der Waals surface area contributed by atoms with Crippen LogP contribution >= 0.6 is 0 Å². The van der Waals surface area contributed by atoms with Gasteiger partial charge in [0.05, 0.1) is 0 Å². The fourth-order valence-electron chi connectivity index (χ4n) is 3.62. The molecule has 0 bridgehead atoms. The molecule has 3 fully saturated rings. The summed E-state index contributed by atoms with van der Waals surface area (Å²) in [7, 11) is 0. The van der Waals surface area contributed by atoms with Gasteiger partial charge >= 0.3 is 0 Å². The van der Waals surface area contributed by atoms with Gasteiger partial charge in [-0.1, -0.05) is 19.8 Å². The third-order valence-corrected chi connectivity index (χ3v) is 5.37. The van der Waals surface area contributed by atoms with Crippen LogP contribution in [0.2, 0.25) is 0 Å². The molecule has 110 valence electrons. The van der Waals surface area contributed by atoms with E-state index in [9.17, 15) is 0 Å². The molecule has 0 spiro atoms. The van der Waals surface area contributed by atoms with Gasteiger partial charge in [0.2, 0.25) is 0 Å². The molecule has 0 radical (unpaired) electrons. The van der Waals surface area contributed by atoms with Crippen LogP contribution in [0.1, 0.15) is 58.3 Å². The van der Waals surface area contributed by atoms with Gasteiger partial charge in [0, 0.05) is 32.2 Å². The average Bonchev–Trinajstić information content (AvgIpc) is 3.27. The summed E-state index contributed by atoms with van der Waals surface area (Å²) in [6.45, 7) is 7.71. The highest BCUT2D eigenvalue weighted by Crippen LogP contribution is 2.33. The van der Waals surface area contributed by atoms with E-state index in [-0.39, 0.29) is 0 Å². The minimum Gasteiger partial charge on any atom is -0.312 e. The maximum Gasteiger partial charge on any atom is 0.0107 e. The van der Waals surface area contributed by atoms with E-state index in [1.54, 1.807) is 0 Å². The van der Waals surface area contributed by atoms with E-state index < -0.39 is 0 Å². The summed E-state index contributed by atoms with van der Waals surface area (Å²) in [6, 6.07) is 0.803. The van der Waals surface area contributed by atoms with Gasteiger partial charge in [0.15, 0.2) is 0 Å². The predicted octanol–water partition coefficient (Wildman–Crippen LogP) is 3.28. The Morgan fingerprint density at radius 1 is 0.895 bits per heavy atom. The van der Waals surface area contributed by atoms with Crippen molar-refractivity contribution in [3.8, 4) is 0 Å². The SMILES string of the molecule is CC1CCCCC1NCCN(CC1CC1)CC1CC1. The van der Waals surface area contributed by atoms with E-state index in [2.05, 4.69) is 17.1 Å². The molecule has 0 aromatic rings. The van der Waals surface area contributed by atoms with Gasteiger partial charge in [-0.05, 0) is 56.3 Å².